The molecule has 2 heterocycles. The second-order valence-corrected chi connectivity index (χ2v) is 4.47. The number of non-ortho nitro benzene ring substituents is 1. The van der Waals surface area contributed by atoms with E-state index in [0.717, 1.165) is 11.3 Å². The van der Waals surface area contributed by atoms with Crippen LogP contribution in [0.3, 0.4) is 0 Å². The molecule has 3 rings (SSSR count). The third kappa shape index (κ3) is 2.19. The summed E-state index contributed by atoms with van der Waals surface area (Å²) in [5.41, 5.74) is 8.16. The van der Waals surface area contributed by atoms with Crippen molar-refractivity contribution >= 4 is 11.5 Å². The first kappa shape index (κ1) is 12.5. The fourth-order valence-electron chi connectivity index (χ4n) is 2.14. The van der Waals surface area contributed by atoms with Crippen molar-refractivity contribution in [2.75, 3.05) is 12.3 Å². The van der Waals surface area contributed by atoms with Crippen molar-refractivity contribution in [3.05, 3.63) is 45.6 Å². The lowest BCUT2D eigenvalue weighted by Crippen LogP contribution is -2.16. The van der Waals surface area contributed by atoms with Gasteiger partial charge in [-0.15, -0.1) is 0 Å². The van der Waals surface area contributed by atoms with Crippen molar-refractivity contribution in [1.29, 1.82) is 0 Å². The standard InChI is InChI=1S/C13H12N4O3/c14-12-10-7-20-5-4-11(10)15-13(16-12)8-2-1-3-9(6-8)17(18)19/h1-3,6H,4-5,7H2,(H2,14,15,16). The highest BCUT2D eigenvalue weighted by atomic mass is 16.6. The van der Waals surface area contributed by atoms with Crippen LogP contribution >= 0.6 is 0 Å². The van der Waals surface area contributed by atoms with Crippen LogP contribution in [0, 0.1) is 10.1 Å². The molecular formula is C13H12N4O3. The van der Waals surface area contributed by atoms with E-state index in [1.54, 1.807) is 12.1 Å². The molecular weight excluding hydrogens is 260 g/mol. The number of fused-ring (bicyclic) bond motifs is 1. The Morgan fingerprint density at radius 2 is 2.20 bits per heavy atom. The van der Waals surface area contributed by atoms with Gasteiger partial charge in [0.05, 0.1) is 23.8 Å². The minimum absolute atomic E-state index is 0.00530. The minimum Gasteiger partial charge on any atom is -0.383 e. The summed E-state index contributed by atoms with van der Waals surface area (Å²) in [6, 6.07) is 6.21. The van der Waals surface area contributed by atoms with Gasteiger partial charge in [0.15, 0.2) is 5.82 Å². The first-order chi connectivity index (χ1) is 9.65. The molecule has 0 aliphatic carbocycles. The van der Waals surface area contributed by atoms with Crippen LogP contribution in [0.25, 0.3) is 11.4 Å². The molecule has 0 atom stereocenters. The molecule has 7 heteroatoms. The Balaban J connectivity index is 2.08. The molecule has 0 saturated heterocycles. The van der Waals surface area contributed by atoms with E-state index in [9.17, 15) is 10.1 Å². The molecule has 1 aliphatic rings. The van der Waals surface area contributed by atoms with Gasteiger partial charge in [0.25, 0.3) is 5.69 Å². The number of nitrogens with zero attached hydrogens (tertiary/aromatic N) is 3. The zero-order chi connectivity index (χ0) is 14.1. The van der Waals surface area contributed by atoms with Gasteiger partial charge in [0.1, 0.15) is 5.82 Å². The Bertz CT molecular complexity index is 687. The number of anilines is 1. The second kappa shape index (κ2) is 4.86. The summed E-state index contributed by atoms with van der Waals surface area (Å²) >= 11 is 0. The molecule has 2 N–H and O–H groups in total. The molecule has 0 radical (unpaired) electrons. The monoisotopic (exact) mass is 272 g/mol. The number of nitro groups is 1. The van der Waals surface area contributed by atoms with Crippen LogP contribution in [0.5, 0.6) is 0 Å². The molecule has 0 amide bonds. The first-order valence-corrected chi connectivity index (χ1v) is 6.13. The summed E-state index contributed by atoms with van der Waals surface area (Å²) in [6.07, 6.45) is 0.671. The number of nitro benzene ring substituents is 1. The highest BCUT2D eigenvalue weighted by molar-refractivity contribution is 5.62. The maximum absolute atomic E-state index is 10.8. The fourth-order valence-corrected chi connectivity index (χ4v) is 2.14. The van der Waals surface area contributed by atoms with Gasteiger partial charge in [-0.1, -0.05) is 12.1 Å². The van der Waals surface area contributed by atoms with Crippen molar-refractivity contribution in [1.82, 2.24) is 9.97 Å². The maximum Gasteiger partial charge on any atom is 0.270 e. The summed E-state index contributed by atoms with van der Waals surface area (Å²) in [7, 11) is 0. The number of ether oxygens (including phenoxy) is 1. The lowest BCUT2D eigenvalue weighted by atomic mass is 10.1. The molecule has 0 bridgehead atoms. The van der Waals surface area contributed by atoms with Crippen LogP contribution in [0.2, 0.25) is 0 Å². The van der Waals surface area contributed by atoms with Crippen LogP contribution in [-0.2, 0) is 17.8 Å². The molecule has 1 aromatic carbocycles. The fraction of sp³-hybridized carbons (Fsp3) is 0.231. The largest absolute Gasteiger partial charge is 0.383 e. The normalized spacial score (nSPS) is 13.8. The number of nitrogens with two attached hydrogens (primary N) is 1. The van der Waals surface area contributed by atoms with Crippen molar-refractivity contribution in [3.8, 4) is 11.4 Å². The van der Waals surface area contributed by atoms with Crippen LogP contribution in [0.15, 0.2) is 24.3 Å². The minimum atomic E-state index is -0.445. The Kier molecular flexibility index (Phi) is 3.03. The lowest BCUT2D eigenvalue weighted by Gasteiger charge is -2.17. The smallest absolute Gasteiger partial charge is 0.270 e. The predicted molar refractivity (Wildman–Crippen MR) is 71.9 cm³/mol. The number of nitrogen functional groups attached to an aromatic ring is 1. The predicted octanol–water partition coefficient (Wildman–Crippen LogP) is 1.71. The van der Waals surface area contributed by atoms with Gasteiger partial charge in [-0.25, -0.2) is 9.97 Å². The van der Waals surface area contributed by atoms with Gasteiger partial charge < -0.3 is 10.5 Å². The van der Waals surface area contributed by atoms with Crippen LogP contribution in [0.4, 0.5) is 11.5 Å². The van der Waals surface area contributed by atoms with Crippen LogP contribution in [0.1, 0.15) is 11.3 Å². The van der Waals surface area contributed by atoms with Crippen molar-refractivity contribution in [2.45, 2.75) is 13.0 Å². The molecule has 0 fully saturated rings. The van der Waals surface area contributed by atoms with Crippen molar-refractivity contribution in [2.24, 2.45) is 0 Å². The SMILES string of the molecule is Nc1nc(-c2cccc([N+](=O)[O-])c2)nc2c1COCC2. The number of benzene rings is 1. The molecule has 2 aromatic rings. The van der Waals surface area contributed by atoms with Gasteiger partial charge in [0.2, 0.25) is 0 Å². The first-order valence-electron chi connectivity index (χ1n) is 6.13. The van der Waals surface area contributed by atoms with Gasteiger partial charge in [0, 0.05) is 29.7 Å². The zero-order valence-electron chi connectivity index (χ0n) is 10.6. The van der Waals surface area contributed by atoms with Crippen molar-refractivity contribution in [3.63, 3.8) is 0 Å². The van der Waals surface area contributed by atoms with E-state index in [-0.39, 0.29) is 5.69 Å². The lowest BCUT2D eigenvalue weighted by molar-refractivity contribution is -0.384. The second-order valence-electron chi connectivity index (χ2n) is 4.47. The summed E-state index contributed by atoms with van der Waals surface area (Å²) in [6.45, 7) is 1.01. The summed E-state index contributed by atoms with van der Waals surface area (Å²) in [5, 5.41) is 10.8. The molecule has 1 aliphatic heterocycles. The van der Waals surface area contributed by atoms with E-state index in [2.05, 4.69) is 9.97 Å². The van der Waals surface area contributed by atoms with E-state index in [1.165, 1.54) is 12.1 Å². The quantitative estimate of drug-likeness (QED) is 0.659. The molecule has 7 nitrogen and oxygen atoms in total. The molecule has 0 saturated carbocycles. The maximum atomic E-state index is 10.8. The van der Waals surface area contributed by atoms with E-state index in [0.29, 0.717) is 36.8 Å². The molecule has 0 unspecified atom stereocenters. The number of hydrogen-bond acceptors (Lipinski definition) is 6. The topological polar surface area (TPSA) is 104 Å². The highest BCUT2D eigenvalue weighted by Crippen LogP contribution is 2.26. The van der Waals surface area contributed by atoms with Crippen LogP contribution in [-0.4, -0.2) is 21.5 Å². The third-order valence-electron chi connectivity index (χ3n) is 3.17. The number of hydrogen-bond donors (Lipinski definition) is 1. The number of rotatable bonds is 2. The Hall–Kier alpha value is -2.54. The Morgan fingerprint density at radius 3 is 3.00 bits per heavy atom. The third-order valence-corrected chi connectivity index (χ3v) is 3.17. The van der Waals surface area contributed by atoms with E-state index in [1.807, 2.05) is 0 Å². The molecule has 102 valence electrons. The number of aromatic nitrogens is 2. The summed E-state index contributed by atoms with van der Waals surface area (Å²) in [4.78, 5) is 19.0. The molecule has 20 heavy (non-hydrogen) atoms. The van der Waals surface area contributed by atoms with Crippen LogP contribution < -0.4 is 5.73 Å². The highest BCUT2D eigenvalue weighted by Gasteiger charge is 2.18. The summed E-state index contributed by atoms with van der Waals surface area (Å²) in [5.74, 6) is 0.781. The molecule has 0 spiro atoms. The average Bonchev–Trinajstić information content (AvgIpc) is 2.47. The zero-order valence-corrected chi connectivity index (χ0v) is 10.6. The Morgan fingerprint density at radius 1 is 1.35 bits per heavy atom. The van der Waals surface area contributed by atoms with Crippen molar-refractivity contribution < 1.29 is 9.66 Å². The van der Waals surface area contributed by atoms with E-state index >= 15 is 0 Å². The van der Waals surface area contributed by atoms with Gasteiger partial charge in [-0.3, -0.25) is 10.1 Å². The van der Waals surface area contributed by atoms with E-state index < -0.39 is 4.92 Å². The summed E-state index contributed by atoms with van der Waals surface area (Å²) < 4.78 is 5.32. The van der Waals surface area contributed by atoms with Gasteiger partial charge in [-0.05, 0) is 0 Å². The van der Waals surface area contributed by atoms with E-state index in [4.69, 9.17) is 10.5 Å². The Labute approximate surface area is 114 Å². The van der Waals surface area contributed by atoms with Gasteiger partial charge >= 0.3 is 0 Å². The average molecular weight is 272 g/mol. The van der Waals surface area contributed by atoms with Gasteiger partial charge in [-0.2, -0.15) is 0 Å². The molecule has 1 aromatic heterocycles.